The van der Waals surface area contributed by atoms with Crippen LogP contribution in [0.15, 0.2) is 54.6 Å². The maximum Gasteiger partial charge on any atom is 0.265 e. The van der Waals surface area contributed by atoms with Gasteiger partial charge in [-0.2, -0.15) is 0 Å². The van der Waals surface area contributed by atoms with Crippen LogP contribution < -0.4 is 5.32 Å². The minimum absolute atomic E-state index is 0.0406. The number of para-hydroxylation sites is 1. The van der Waals surface area contributed by atoms with Gasteiger partial charge in [-0.15, -0.1) is 11.3 Å². The summed E-state index contributed by atoms with van der Waals surface area (Å²) in [6.07, 6.45) is 1.59. The molecule has 2 aromatic carbocycles. The summed E-state index contributed by atoms with van der Waals surface area (Å²) in [6.45, 7) is 1.07. The highest BCUT2D eigenvalue weighted by Gasteiger charge is 2.31. The van der Waals surface area contributed by atoms with Gasteiger partial charge in [-0.25, -0.2) is 0 Å². The highest BCUT2D eigenvalue weighted by atomic mass is 35.5. The van der Waals surface area contributed by atoms with Gasteiger partial charge in [-0.05, 0) is 31.0 Å². The predicted octanol–water partition coefficient (Wildman–Crippen LogP) is 5.05. The number of anilines is 1. The van der Waals surface area contributed by atoms with E-state index in [9.17, 15) is 9.59 Å². The minimum Gasteiger partial charge on any atom is -0.337 e. The Bertz CT molecular complexity index is 986. The molecule has 6 heteroatoms. The molecule has 0 bridgehead atoms. The van der Waals surface area contributed by atoms with Crippen LogP contribution in [0.2, 0.25) is 5.02 Å². The summed E-state index contributed by atoms with van der Waals surface area (Å²) in [7, 11) is 0. The van der Waals surface area contributed by atoms with Crippen molar-refractivity contribution in [2.45, 2.75) is 12.8 Å². The highest BCUT2D eigenvalue weighted by Crippen LogP contribution is 2.36. The van der Waals surface area contributed by atoms with Crippen LogP contribution in [0.25, 0.3) is 10.1 Å². The number of nitrogens with zero attached hydrogens (tertiary/aromatic N) is 1. The Morgan fingerprint density at radius 2 is 1.81 bits per heavy atom. The molecule has 1 aliphatic heterocycles. The van der Waals surface area contributed by atoms with Crippen LogP contribution in [0.3, 0.4) is 0 Å². The fourth-order valence-electron chi connectivity index (χ4n) is 3.44. The maximum atomic E-state index is 13.0. The number of thiophene rings is 1. The van der Waals surface area contributed by atoms with Gasteiger partial charge in [-0.3, -0.25) is 9.59 Å². The molecular weight excluding hydrogens is 380 g/mol. The van der Waals surface area contributed by atoms with Gasteiger partial charge in [0.1, 0.15) is 4.88 Å². The van der Waals surface area contributed by atoms with Crippen molar-refractivity contribution in [2.75, 3.05) is 18.4 Å². The summed E-state index contributed by atoms with van der Waals surface area (Å²) < 4.78 is 1.00. The van der Waals surface area contributed by atoms with Crippen molar-refractivity contribution in [1.29, 1.82) is 0 Å². The van der Waals surface area contributed by atoms with E-state index in [1.165, 1.54) is 11.3 Å². The third kappa shape index (κ3) is 3.70. The number of fused-ring (bicyclic) bond motifs is 1. The second kappa shape index (κ2) is 7.71. The third-order valence-corrected chi connectivity index (χ3v) is 6.51. The van der Waals surface area contributed by atoms with E-state index in [-0.39, 0.29) is 17.7 Å². The number of likely N-dealkylation sites (tertiary alicyclic amines) is 1. The molecular formula is C21H19ClN2O2S. The van der Waals surface area contributed by atoms with E-state index in [2.05, 4.69) is 5.32 Å². The molecule has 0 aliphatic carbocycles. The zero-order chi connectivity index (χ0) is 18.8. The van der Waals surface area contributed by atoms with Crippen LogP contribution in [0.5, 0.6) is 0 Å². The number of carbonyl (C=O) groups is 2. The molecule has 1 aliphatic rings. The first kappa shape index (κ1) is 18.0. The first-order valence-electron chi connectivity index (χ1n) is 8.95. The van der Waals surface area contributed by atoms with E-state index in [1.54, 1.807) is 4.90 Å². The van der Waals surface area contributed by atoms with Crippen LogP contribution in [0, 0.1) is 5.92 Å². The van der Waals surface area contributed by atoms with Gasteiger partial charge in [0.2, 0.25) is 5.91 Å². The average molecular weight is 399 g/mol. The SMILES string of the molecule is O=C(Nc1ccccc1)C1CCCN(C(=O)c2sc3ccccc3c2Cl)C1. The van der Waals surface area contributed by atoms with Gasteiger partial charge < -0.3 is 10.2 Å². The lowest BCUT2D eigenvalue weighted by Gasteiger charge is -2.31. The van der Waals surface area contributed by atoms with Crippen LogP contribution in [0.4, 0.5) is 5.69 Å². The highest BCUT2D eigenvalue weighted by molar-refractivity contribution is 7.21. The molecule has 0 spiro atoms. The second-order valence-corrected chi connectivity index (χ2v) is 8.12. The standard InChI is InChI=1S/C21H19ClN2O2S/c22-18-16-10-4-5-11-17(16)27-19(18)21(26)24-12-6-7-14(13-24)20(25)23-15-8-2-1-3-9-15/h1-5,8-11,14H,6-7,12-13H2,(H,23,25). The van der Waals surface area contributed by atoms with Crippen molar-refractivity contribution in [3.63, 3.8) is 0 Å². The van der Waals surface area contributed by atoms with Crippen LogP contribution in [0.1, 0.15) is 22.5 Å². The molecule has 27 heavy (non-hydrogen) atoms. The Labute approximate surface area is 166 Å². The van der Waals surface area contributed by atoms with E-state index in [0.29, 0.717) is 23.0 Å². The van der Waals surface area contributed by atoms with Crippen LogP contribution >= 0.6 is 22.9 Å². The molecule has 1 aromatic heterocycles. The number of hydrogen-bond acceptors (Lipinski definition) is 3. The minimum atomic E-state index is -0.212. The van der Waals surface area contributed by atoms with E-state index in [1.807, 2.05) is 54.6 Å². The molecule has 1 N–H and O–H groups in total. The summed E-state index contributed by atoms with van der Waals surface area (Å²) in [6, 6.07) is 17.2. The van der Waals surface area contributed by atoms with Gasteiger partial charge in [0.25, 0.3) is 5.91 Å². The summed E-state index contributed by atoms with van der Waals surface area (Å²) in [5.41, 5.74) is 0.776. The lowest BCUT2D eigenvalue weighted by atomic mass is 9.97. The van der Waals surface area contributed by atoms with Crippen LogP contribution in [-0.4, -0.2) is 29.8 Å². The number of carbonyl (C=O) groups excluding carboxylic acids is 2. The van der Waals surface area contributed by atoms with E-state index in [0.717, 1.165) is 28.6 Å². The Balaban J connectivity index is 1.49. The summed E-state index contributed by atoms with van der Waals surface area (Å²) >= 11 is 7.88. The van der Waals surface area contributed by atoms with Gasteiger partial charge >= 0.3 is 0 Å². The average Bonchev–Trinajstić information content (AvgIpc) is 3.05. The predicted molar refractivity (Wildman–Crippen MR) is 111 cm³/mol. The molecule has 0 radical (unpaired) electrons. The lowest BCUT2D eigenvalue weighted by Crippen LogP contribution is -2.43. The van der Waals surface area contributed by atoms with Crippen molar-refractivity contribution in [3.05, 3.63) is 64.5 Å². The first-order chi connectivity index (χ1) is 13.1. The van der Waals surface area contributed by atoms with Gasteiger partial charge in [0, 0.05) is 28.9 Å². The topological polar surface area (TPSA) is 49.4 Å². The van der Waals surface area contributed by atoms with Crippen molar-refractivity contribution < 1.29 is 9.59 Å². The van der Waals surface area contributed by atoms with Crippen molar-refractivity contribution in [2.24, 2.45) is 5.92 Å². The molecule has 1 fully saturated rings. The van der Waals surface area contributed by atoms with Gasteiger partial charge in [0.15, 0.2) is 0 Å². The molecule has 4 rings (SSSR count). The molecule has 0 saturated carbocycles. The summed E-state index contributed by atoms with van der Waals surface area (Å²) in [5, 5.41) is 4.36. The van der Waals surface area contributed by atoms with E-state index >= 15 is 0 Å². The Morgan fingerprint density at radius 1 is 1.07 bits per heavy atom. The van der Waals surface area contributed by atoms with Crippen molar-refractivity contribution in [1.82, 2.24) is 4.90 Å². The number of amides is 2. The van der Waals surface area contributed by atoms with Crippen molar-refractivity contribution in [3.8, 4) is 0 Å². The van der Waals surface area contributed by atoms with E-state index < -0.39 is 0 Å². The fraction of sp³-hybridized carbons (Fsp3) is 0.238. The second-order valence-electron chi connectivity index (χ2n) is 6.69. The first-order valence-corrected chi connectivity index (χ1v) is 10.1. The molecule has 3 aromatic rings. The summed E-state index contributed by atoms with van der Waals surface area (Å²) in [4.78, 5) is 28.0. The van der Waals surface area contributed by atoms with Gasteiger partial charge in [0.05, 0.1) is 10.9 Å². The number of piperidine rings is 1. The zero-order valence-corrected chi connectivity index (χ0v) is 16.2. The number of benzene rings is 2. The quantitative estimate of drug-likeness (QED) is 0.671. The normalized spacial score (nSPS) is 17.1. The Kier molecular flexibility index (Phi) is 5.14. The largest absolute Gasteiger partial charge is 0.337 e. The molecule has 1 atom stereocenters. The number of halogens is 1. The summed E-state index contributed by atoms with van der Waals surface area (Å²) in [5.74, 6) is -0.337. The smallest absolute Gasteiger partial charge is 0.265 e. The van der Waals surface area contributed by atoms with Crippen LogP contribution in [-0.2, 0) is 4.79 Å². The number of rotatable bonds is 3. The molecule has 1 unspecified atom stereocenters. The van der Waals surface area contributed by atoms with Crippen molar-refractivity contribution >= 4 is 50.5 Å². The molecule has 1 saturated heterocycles. The van der Waals surface area contributed by atoms with Gasteiger partial charge in [-0.1, -0.05) is 48.0 Å². The maximum absolute atomic E-state index is 13.0. The molecule has 4 nitrogen and oxygen atoms in total. The fourth-order valence-corrected chi connectivity index (χ4v) is 4.92. The lowest BCUT2D eigenvalue weighted by molar-refractivity contribution is -0.121. The Hall–Kier alpha value is -2.37. The Morgan fingerprint density at radius 3 is 2.59 bits per heavy atom. The molecule has 138 valence electrons. The molecule has 2 heterocycles. The monoisotopic (exact) mass is 398 g/mol. The van der Waals surface area contributed by atoms with E-state index in [4.69, 9.17) is 11.6 Å². The number of hydrogen-bond donors (Lipinski definition) is 1. The molecule has 2 amide bonds. The zero-order valence-electron chi connectivity index (χ0n) is 14.7. The third-order valence-electron chi connectivity index (χ3n) is 4.85. The number of nitrogens with one attached hydrogen (secondary N) is 1.